The lowest BCUT2D eigenvalue weighted by Gasteiger charge is -2.32. The van der Waals surface area contributed by atoms with Gasteiger partial charge >= 0.3 is 0 Å². The number of piperidine rings is 1. The van der Waals surface area contributed by atoms with E-state index in [2.05, 4.69) is 15.0 Å². The summed E-state index contributed by atoms with van der Waals surface area (Å²) in [6, 6.07) is 6.99. The van der Waals surface area contributed by atoms with Crippen LogP contribution >= 0.6 is 0 Å². The summed E-state index contributed by atoms with van der Waals surface area (Å²) in [5.41, 5.74) is 4.55. The van der Waals surface area contributed by atoms with Crippen molar-refractivity contribution in [2.75, 3.05) is 13.1 Å². The average molecular weight is 396 g/mol. The molecule has 4 heterocycles. The molecule has 3 aromatic heterocycles. The number of hydrogen-bond donors (Lipinski definition) is 1. The average Bonchev–Trinajstić information content (AvgIpc) is 3.07. The van der Waals surface area contributed by atoms with Gasteiger partial charge in [0, 0.05) is 36.5 Å². The van der Waals surface area contributed by atoms with Crippen molar-refractivity contribution >= 4 is 0 Å². The zero-order valence-electron chi connectivity index (χ0n) is 16.7. The van der Waals surface area contributed by atoms with Gasteiger partial charge in [-0.2, -0.15) is 0 Å². The Morgan fingerprint density at radius 1 is 1.28 bits per heavy atom. The molecule has 0 aromatic carbocycles. The topological polar surface area (TPSA) is 75.3 Å². The highest BCUT2D eigenvalue weighted by Gasteiger charge is 2.25. The number of likely N-dealkylation sites (tertiary alicyclic amines) is 1. The first kappa shape index (κ1) is 19.7. The molecule has 0 aliphatic carbocycles. The zero-order chi connectivity index (χ0) is 20.4. The van der Waals surface area contributed by atoms with Crippen molar-refractivity contribution in [1.82, 2.24) is 20.0 Å². The summed E-state index contributed by atoms with van der Waals surface area (Å²) in [4.78, 5) is 11.3. The molecule has 7 heteroatoms. The lowest BCUT2D eigenvalue weighted by molar-refractivity contribution is 0.194. The smallest absolute Gasteiger partial charge is 0.146 e. The molecule has 1 N–H and O–H groups in total. The van der Waals surface area contributed by atoms with Gasteiger partial charge in [0.25, 0.3) is 0 Å². The molecule has 1 saturated heterocycles. The third-order valence-corrected chi connectivity index (χ3v) is 5.57. The van der Waals surface area contributed by atoms with Crippen LogP contribution in [0.5, 0.6) is 0 Å². The lowest BCUT2D eigenvalue weighted by Crippen LogP contribution is -2.34. The number of aromatic nitrogens is 3. The predicted molar refractivity (Wildman–Crippen MR) is 107 cm³/mol. The van der Waals surface area contributed by atoms with E-state index in [-0.39, 0.29) is 18.3 Å². The molecular weight excluding hydrogens is 371 g/mol. The van der Waals surface area contributed by atoms with E-state index >= 15 is 0 Å². The Balaban J connectivity index is 1.59. The number of aliphatic hydroxyl groups excluding tert-OH is 1. The van der Waals surface area contributed by atoms with Crippen molar-refractivity contribution in [3.8, 4) is 11.3 Å². The molecule has 3 aromatic rings. The van der Waals surface area contributed by atoms with Gasteiger partial charge in [0.2, 0.25) is 0 Å². The normalized spacial score (nSPS) is 17.6. The van der Waals surface area contributed by atoms with Crippen molar-refractivity contribution in [2.24, 2.45) is 0 Å². The molecule has 0 spiro atoms. The summed E-state index contributed by atoms with van der Waals surface area (Å²) >= 11 is 0. The molecule has 1 fully saturated rings. The van der Waals surface area contributed by atoms with Crippen LogP contribution in [0.25, 0.3) is 11.3 Å². The standard InChI is InChI=1S/C22H25FN4O2/c1-14-21(15(2)29-26-14)22-17(13-28)7-8-19(25-22)16-5-4-10-27(11-16)12-20-18(23)6-3-9-24-20/h3,6-9,16,28H,4-5,10-13H2,1-2H3/t16-/m1/s1. The summed E-state index contributed by atoms with van der Waals surface area (Å²) in [6.07, 6.45) is 3.67. The van der Waals surface area contributed by atoms with Gasteiger partial charge in [-0.25, -0.2) is 4.39 Å². The number of hydrogen-bond acceptors (Lipinski definition) is 6. The molecule has 152 valence electrons. The summed E-state index contributed by atoms with van der Waals surface area (Å²) in [7, 11) is 0. The molecule has 0 saturated carbocycles. The maximum absolute atomic E-state index is 14.0. The van der Waals surface area contributed by atoms with Gasteiger partial charge in [-0.3, -0.25) is 14.9 Å². The highest BCUT2D eigenvalue weighted by Crippen LogP contribution is 2.32. The van der Waals surface area contributed by atoms with Gasteiger partial charge < -0.3 is 9.63 Å². The first-order valence-corrected chi connectivity index (χ1v) is 9.92. The number of pyridine rings is 2. The van der Waals surface area contributed by atoms with Crippen LogP contribution in [-0.4, -0.2) is 38.2 Å². The monoisotopic (exact) mass is 396 g/mol. The molecule has 0 radical (unpaired) electrons. The second-order valence-electron chi connectivity index (χ2n) is 7.61. The molecule has 0 bridgehead atoms. The summed E-state index contributed by atoms with van der Waals surface area (Å²) in [5.74, 6) is 0.668. The Morgan fingerprint density at radius 3 is 2.86 bits per heavy atom. The molecule has 1 atom stereocenters. The van der Waals surface area contributed by atoms with Crippen molar-refractivity contribution in [3.63, 3.8) is 0 Å². The third kappa shape index (κ3) is 4.06. The second-order valence-corrected chi connectivity index (χ2v) is 7.61. The van der Waals surface area contributed by atoms with E-state index in [0.29, 0.717) is 18.0 Å². The van der Waals surface area contributed by atoms with Crippen LogP contribution in [0.15, 0.2) is 35.0 Å². The Labute approximate surface area is 169 Å². The Morgan fingerprint density at radius 2 is 2.14 bits per heavy atom. The SMILES string of the molecule is Cc1noc(C)c1-c1nc([C@@H]2CCCN(Cc3ncccc3F)C2)ccc1CO. The van der Waals surface area contributed by atoms with E-state index in [4.69, 9.17) is 9.51 Å². The molecule has 0 unspecified atom stereocenters. The van der Waals surface area contributed by atoms with Crippen LogP contribution in [0.2, 0.25) is 0 Å². The van der Waals surface area contributed by atoms with Crippen LogP contribution < -0.4 is 0 Å². The van der Waals surface area contributed by atoms with Crippen LogP contribution in [0.4, 0.5) is 4.39 Å². The van der Waals surface area contributed by atoms with Crippen molar-refractivity contribution < 1.29 is 14.0 Å². The quantitative estimate of drug-likeness (QED) is 0.708. The van der Waals surface area contributed by atoms with Crippen molar-refractivity contribution in [1.29, 1.82) is 0 Å². The molecule has 29 heavy (non-hydrogen) atoms. The van der Waals surface area contributed by atoms with Gasteiger partial charge in [0.1, 0.15) is 11.6 Å². The van der Waals surface area contributed by atoms with Crippen LogP contribution in [0.1, 0.15) is 47.2 Å². The lowest BCUT2D eigenvalue weighted by atomic mass is 9.92. The van der Waals surface area contributed by atoms with Crippen molar-refractivity contribution in [3.05, 3.63) is 64.7 Å². The highest BCUT2D eigenvalue weighted by molar-refractivity contribution is 5.67. The Bertz CT molecular complexity index is 985. The number of aliphatic hydroxyl groups is 1. The first-order chi connectivity index (χ1) is 14.1. The minimum atomic E-state index is -0.263. The summed E-state index contributed by atoms with van der Waals surface area (Å²) in [6.45, 7) is 5.84. The van der Waals surface area contributed by atoms with E-state index in [1.807, 2.05) is 26.0 Å². The second kappa shape index (κ2) is 8.39. The van der Waals surface area contributed by atoms with E-state index in [0.717, 1.165) is 54.1 Å². The number of halogens is 1. The number of rotatable bonds is 5. The minimum Gasteiger partial charge on any atom is -0.392 e. The summed E-state index contributed by atoms with van der Waals surface area (Å²) in [5, 5.41) is 13.8. The molecule has 0 amide bonds. The third-order valence-electron chi connectivity index (χ3n) is 5.57. The van der Waals surface area contributed by atoms with Gasteiger partial charge in [-0.15, -0.1) is 0 Å². The summed E-state index contributed by atoms with van der Waals surface area (Å²) < 4.78 is 19.3. The molecule has 1 aliphatic heterocycles. The van der Waals surface area contributed by atoms with Gasteiger partial charge in [-0.05, 0) is 51.4 Å². The zero-order valence-corrected chi connectivity index (χ0v) is 16.7. The largest absolute Gasteiger partial charge is 0.392 e. The fourth-order valence-corrected chi connectivity index (χ4v) is 4.08. The van der Waals surface area contributed by atoms with Gasteiger partial charge in [-0.1, -0.05) is 11.2 Å². The maximum atomic E-state index is 14.0. The highest BCUT2D eigenvalue weighted by atomic mass is 19.1. The Kier molecular flexibility index (Phi) is 5.69. The van der Waals surface area contributed by atoms with E-state index in [1.165, 1.54) is 6.07 Å². The van der Waals surface area contributed by atoms with Crippen LogP contribution in [0, 0.1) is 19.7 Å². The molecule has 4 rings (SSSR count). The van der Waals surface area contributed by atoms with Crippen LogP contribution in [-0.2, 0) is 13.2 Å². The van der Waals surface area contributed by atoms with Gasteiger partial charge in [0.15, 0.2) is 0 Å². The fraction of sp³-hybridized carbons (Fsp3) is 0.409. The van der Waals surface area contributed by atoms with Crippen LogP contribution in [0.3, 0.4) is 0 Å². The Hall–Kier alpha value is -2.64. The first-order valence-electron chi connectivity index (χ1n) is 9.92. The molecular formula is C22H25FN4O2. The molecule has 1 aliphatic rings. The van der Waals surface area contributed by atoms with E-state index in [9.17, 15) is 9.50 Å². The molecule has 6 nitrogen and oxygen atoms in total. The number of aryl methyl sites for hydroxylation is 2. The fourth-order valence-electron chi connectivity index (χ4n) is 4.08. The number of nitrogens with zero attached hydrogens (tertiary/aromatic N) is 4. The minimum absolute atomic E-state index is 0.0948. The van der Waals surface area contributed by atoms with E-state index < -0.39 is 0 Å². The van der Waals surface area contributed by atoms with Crippen molar-refractivity contribution in [2.45, 2.75) is 45.8 Å². The maximum Gasteiger partial charge on any atom is 0.146 e. The predicted octanol–water partition coefficient (Wildman–Crippen LogP) is 3.76. The van der Waals surface area contributed by atoms with Gasteiger partial charge in [0.05, 0.1) is 29.3 Å². The van der Waals surface area contributed by atoms with E-state index in [1.54, 1.807) is 12.3 Å².